The van der Waals surface area contributed by atoms with Crippen molar-refractivity contribution in [3.05, 3.63) is 23.8 Å². The largest absolute Gasteiger partial charge is 0.490 e. The first-order valence-corrected chi connectivity index (χ1v) is 11.1. The summed E-state index contributed by atoms with van der Waals surface area (Å²) in [5.74, 6) is -1.01. The van der Waals surface area contributed by atoms with Crippen LogP contribution >= 0.6 is 0 Å². The van der Waals surface area contributed by atoms with Gasteiger partial charge in [-0.2, -0.15) is 13.2 Å². The van der Waals surface area contributed by atoms with Crippen LogP contribution in [0.1, 0.15) is 37.7 Å². The van der Waals surface area contributed by atoms with Gasteiger partial charge >= 0.3 is 12.1 Å². The van der Waals surface area contributed by atoms with Gasteiger partial charge in [0.15, 0.2) is 11.5 Å². The van der Waals surface area contributed by atoms with Crippen molar-refractivity contribution in [1.82, 2.24) is 9.80 Å². The number of hydrogen-bond acceptors (Lipinski definition) is 6. The zero-order valence-electron chi connectivity index (χ0n) is 18.0. The highest BCUT2D eigenvalue weighted by molar-refractivity contribution is 5.73. The quantitative estimate of drug-likeness (QED) is 0.699. The van der Waals surface area contributed by atoms with Crippen LogP contribution in [-0.2, 0) is 11.2 Å². The standard InChI is InChI=1S/C20H30N2O3.C2HF3O2/c23-18-6-2-1-5-17(18)22-12-10-21(11-13-22)9-3-4-16-7-8-19-20(14-16)25-15-24-19;3-2(4,5)1(6)7/h7-8,14,17-18,23H,1-6,9-13,15H2;(H,6,7)/t17-,18-;/m0./s1. The fraction of sp³-hybridized carbons (Fsp3) is 0.682. The van der Waals surface area contributed by atoms with Gasteiger partial charge in [0.2, 0.25) is 6.79 Å². The number of piperazine rings is 1. The first kappa shape index (κ1) is 24.6. The van der Waals surface area contributed by atoms with E-state index in [-0.39, 0.29) is 6.10 Å². The Morgan fingerprint density at radius 2 is 1.72 bits per heavy atom. The predicted molar refractivity (Wildman–Crippen MR) is 111 cm³/mol. The molecule has 2 atom stereocenters. The van der Waals surface area contributed by atoms with Crippen LogP contribution in [0.25, 0.3) is 0 Å². The van der Waals surface area contributed by atoms with Crippen molar-refractivity contribution >= 4 is 5.97 Å². The van der Waals surface area contributed by atoms with Crippen LogP contribution in [0.3, 0.4) is 0 Å². The summed E-state index contributed by atoms with van der Waals surface area (Å²) < 4.78 is 42.6. The first-order valence-electron chi connectivity index (χ1n) is 11.1. The number of ether oxygens (including phenoxy) is 2. The number of aliphatic carboxylic acids is 1. The average Bonchev–Trinajstić information content (AvgIpc) is 3.22. The first-order chi connectivity index (χ1) is 15.2. The molecule has 32 heavy (non-hydrogen) atoms. The number of aryl methyl sites for hydroxylation is 1. The molecule has 1 aromatic carbocycles. The highest BCUT2D eigenvalue weighted by atomic mass is 19.4. The molecule has 180 valence electrons. The molecular formula is C22H31F3N2O5. The molecule has 1 aromatic rings. The van der Waals surface area contributed by atoms with Crippen molar-refractivity contribution in [3.63, 3.8) is 0 Å². The fourth-order valence-electron chi connectivity index (χ4n) is 4.44. The third-order valence-electron chi connectivity index (χ3n) is 6.19. The van der Waals surface area contributed by atoms with E-state index in [1.807, 2.05) is 6.07 Å². The summed E-state index contributed by atoms with van der Waals surface area (Å²) in [6, 6.07) is 6.69. The molecule has 1 saturated heterocycles. The van der Waals surface area contributed by atoms with Crippen LogP contribution in [-0.4, -0.2) is 83.8 Å². The Kier molecular flexibility index (Phi) is 8.61. The molecule has 0 bridgehead atoms. The number of hydrogen-bond donors (Lipinski definition) is 2. The number of rotatable bonds is 5. The van der Waals surface area contributed by atoms with Crippen LogP contribution < -0.4 is 9.47 Å². The summed E-state index contributed by atoms with van der Waals surface area (Å²) in [5, 5.41) is 17.4. The molecule has 4 rings (SSSR count). The number of carboxylic acid groups (broad SMARTS) is 1. The van der Waals surface area contributed by atoms with Gasteiger partial charge in [0.25, 0.3) is 0 Å². The second-order valence-corrected chi connectivity index (χ2v) is 8.39. The molecule has 0 amide bonds. The second-order valence-electron chi connectivity index (χ2n) is 8.39. The van der Waals surface area contributed by atoms with E-state index in [2.05, 4.69) is 21.9 Å². The maximum absolute atomic E-state index is 10.6. The van der Waals surface area contributed by atoms with Crippen molar-refractivity contribution < 1.29 is 37.7 Å². The van der Waals surface area contributed by atoms with E-state index in [4.69, 9.17) is 19.4 Å². The third-order valence-corrected chi connectivity index (χ3v) is 6.19. The number of alkyl halides is 3. The Hall–Kier alpha value is -2.04. The van der Waals surface area contributed by atoms with E-state index in [9.17, 15) is 18.3 Å². The smallest absolute Gasteiger partial charge is 0.475 e. The second kappa shape index (κ2) is 11.2. The van der Waals surface area contributed by atoms with Crippen molar-refractivity contribution in [2.24, 2.45) is 0 Å². The van der Waals surface area contributed by atoms with Gasteiger partial charge in [-0.15, -0.1) is 0 Å². The molecule has 3 aliphatic rings. The Labute approximate surface area is 185 Å². The minimum absolute atomic E-state index is 0.105. The van der Waals surface area contributed by atoms with Crippen LogP contribution in [0.4, 0.5) is 13.2 Å². The normalized spacial score (nSPS) is 24.0. The molecule has 2 heterocycles. The molecule has 7 nitrogen and oxygen atoms in total. The molecule has 2 fully saturated rings. The Morgan fingerprint density at radius 1 is 1.06 bits per heavy atom. The lowest BCUT2D eigenvalue weighted by molar-refractivity contribution is -0.192. The van der Waals surface area contributed by atoms with Gasteiger partial charge in [-0.25, -0.2) is 4.79 Å². The predicted octanol–water partition coefficient (Wildman–Crippen LogP) is 2.90. The van der Waals surface area contributed by atoms with E-state index < -0.39 is 12.1 Å². The van der Waals surface area contributed by atoms with Crippen LogP contribution in [0.2, 0.25) is 0 Å². The third kappa shape index (κ3) is 6.98. The number of benzene rings is 1. The minimum Gasteiger partial charge on any atom is -0.475 e. The van der Waals surface area contributed by atoms with Gasteiger partial charge in [0, 0.05) is 32.2 Å². The number of fused-ring (bicyclic) bond motifs is 1. The van der Waals surface area contributed by atoms with Gasteiger partial charge in [-0.3, -0.25) is 4.90 Å². The molecule has 0 aromatic heterocycles. The van der Waals surface area contributed by atoms with Gasteiger partial charge in [-0.05, 0) is 49.9 Å². The van der Waals surface area contributed by atoms with E-state index in [1.165, 1.54) is 31.2 Å². The average molecular weight is 460 g/mol. The highest BCUT2D eigenvalue weighted by Gasteiger charge is 2.38. The maximum Gasteiger partial charge on any atom is 0.490 e. The summed E-state index contributed by atoms with van der Waals surface area (Å²) >= 11 is 0. The van der Waals surface area contributed by atoms with E-state index in [1.54, 1.807) is 0 Å². The number of nitrogens with zero attached hydrogens (tertiary/aromatic N) is 2. The van der Waals surface area contributed by atoms with Gasteiger partial charge in [0.05, 0.1) is 6.10 Å². The van der Waals surface area contributed by atoms with Crippen LogP contribution in [0.5, 0.6) is 11.5 Å². The van der Waals surface area contributed by atoms with Crippen LogP contribution in [0.15, 0.2) is 18.2 Å². The Bertz CT molecular complexity index is 754. The SMILES string of the molecule is O=C(O)C(F)(F)F.O[C@H]1CCCC[C@@H]1N1CCN(CCCc2ccc3c(c2)OCO3)CC1. The summed E-state index contributed by atoms with van der Waals surface area (Å²) in [7, 11) is 0. The number of aliphatic hydroxyl groups excluding tert-OH is 1. The minimum atomic E-state index is -5.08. The summed E-state index contributed by atoms with van der Waals surface area (Å²) in [4.78, 5) is 14.0. The number of aliphatic hydroxyl groups is 1. The van der Waals surface area contributed by atoms with Crippen molar-refractivity contribution in [1.29, 1.82) is 0 Å². The number of halogens is 3. The van der Waals surface area contributed by atoms with Crippen molar-refractivity contribution in [3.8, 4) is 11.5 Å². The van der Waals surface area contributed by atoms with Gasteiger partial charge < -0.3 is 24.6 Å². The molecule has 10 heteroatoms. The fourth-order valence-corrected chi connectivity index (χ4v) is 4.44. The lowest BCUT2D eigenvalue weighted by Crippen LogP contribution is -2.54. The molecule has 0 unspecified atom stereocenters. The molecule has 2 aliphatic heterocycles. The van der Waals surface area contributed by atoms with E-state index in [0.29, 0.717) is 12.8 Å². The zero-order chi connectivity index (χ0) is 23.1. The maximum atomic E-state index is 10.6. The molecular weight excluding hydrogens is 429 g/mol. The zero-order valence-corrected chi connectivity index (χ0v) is 18.0. The number of carboxylic acids is 1. The van der Waals surface area contributed by atoms with Crippen molar-refractivity contribution in [2.75, 3.05) is 39.5 Å². The Morgan fingerprint density at radius 3 is 2.38 bits per heavy atom. The van der Waals surface area contributed by atoms with E-state index >= 15 is 0 Å². The lowest BCUT2D eigenvalue weighted by Gasteiger charge is -2.42. The Balaban J connectivity index is 0.000000360. The van der Waals surface area contributed by atoms with Gasteiger partial charge in [0.1, 0.15) is 0 Å². The summed E-state index contributed by atoms with van der Waals surface area (Å²) in [5.41, 5.74) is 1.33. The van der Waals surface area contributed by atoms with E-state index in [0.717, 1.165) is 57.1 Å². The monoisotopic (exact) mass is 460 g/mol. The lowest BCUT2D eigenvalue weighted by atomic mass is 9.91. The number of carbonyl (C=O) groups is 1. The molecule has 0 spiro atoms. The highest BCUT2D eigenvalue weighted by Crippen LogP contribution is 2.32. The summed E-state index contributed by atoms with van der Waals surface area (Å²) in [6.07, 6.45) is 1.69. The topological polar surface area (TPSA) is 82.5 Å². The van der Waals surface area contributed by atoms with Crippen LogP contribution in [0, 0.1) is 0 Å². The van der Waals surface area contributed by atoms with Gasteiger partial charge in [-0.1, -0.05) is 18.9 Å². The molecule has 1 aliphatic carbocycles. The molecule has 0 radical (unpaired) electrons. The molecule has 2 N–H and O–H groups in total. The van der Waals surface area contributed by atoms with Crippen molar-refractivity contribution in [2.45, 2.75) is 56.8 Å². The summed E-state index contributed by atoms with van der Waals surface area (Å²) in [6.45, 7) is 5.96. The molecule has 1 saturated carbocycles.